The van der Waals surface area contributed by atoms with Gasteiger partial charge in [0.2, 0.25) is 5.91 Å². The Hall–Kier alpha value is -3.00. The van der Waals surface area contributed by atoms with E-state index < -0.39 is 0 Å². The Morgan fingerprint density at radius 1 is 1.14 bits per heavy atom. The first-order valence-corrected chi connectivity index (χ1v) is 9.88. The lowest BCUT2D eigenvalue weighted by Crippen LogP contribution is -2.48. The third-order valence-electron chi connectivity index (χ3n) is 5.32. The number of aromatic nitrogens is 2. The maximum absolute atomic E-state index is 13.9. The molecule has 0 saturated carbocycles. The fourth-order valence-electron chi connectivity index (χ4n) is 3.89. The summed E-state index contributed by atoms with van der Waals surface area (Å²) in [5.74, 6) is -0.297. The zero-order valence-corrected chi connectivity index (χ0v) is 16.0. The molecule has 1 N–H and O–H groups in total. The van der Waals surface area contributed by atoms with Gasteiger partial charge in [0, 0.05) is 55.5 Å². The van der Waals surface area contributed by atoms with Crippen molar-refractivity contribution in [1.82, 2.24) is 14.9 Å². The van der Waals surface area contributed by atoms with Crippen molar-refractivity contribution < 1.29 is 9.18 Å². The number of hydrogen-bond acceptors (Lipinski definition) is 5. The Morgan fingerprint density at radius 2 is 1.93 bits per heavy atom. The number of halogens is 1. The molecular weight excluding hydrogens is 379 g/mol. The molecule has 1 amide bonds. The summed E-state index contributed by atoms with van der Waals surface area (Å²) in [5, 5.41) is 3.47. The van der Waals surface area contributed by atoms with E-state index >= 15 is 0 Å². The molecular formula is C20H17FN4O2S. The normalized spacial score (nSPS) is 15.1. The first-order valence-electron chi connectivity index (χ1n) is 9.06. The number of thiazole rings is 1. The fraction of sp³-hybridized carbons (Fsp3) is 0.250. The Bertz CT molecular complexity index is 1300. The molecule has 1 aliphatic rings. The lowest BCUT2D eigenvalue weighted by molar-refractivity contribution is -0.129. The third kappa shape index (κ3) is 2.56. The van der Waals surface area contributed by atoms with Crippen LogP contribution in [0.1, 0.15) is 6.92 Å². The van der Waals surface area contributed by atoms with Crippen LogP contribution in [-0.4, -0.2) is 47.0 Å². The molecule has 2 aromatic heterocycles. The maximum atomic E-state index is 13.9. The smallest absolute Gasteiger partial charge is 0.256 e. The van der Waals surface area contributed by atoms with Crippen molar-refractivity contribution in [3.63, 3.8) is 0 Å². The Balaban J connectivity index is 1.73. The number of carbonyl (C=O) groups excluding carboxylic acids is 1. The lowest BCUT2D eigenvalue weighted by Gasteiger charge is -2.33. The zero-order valence-electron chi connectivity index (χ0n) is 15.2. The van der Waals surface area contributed by atoms with Crippen LogP contribution in [0.3, 0.4) is 0 Å². The summed E-state index contributed by atoms with van der Waals surface area (Å²) >= 11 is 1.54. The van der Waals surface area contributed by atoms with E-state index in [4.69, 9.17) is 4.98 Å². The number of H-pyrrole nitrogens is 1. The topological polar surface area (TPSA) is 69.3 Å². The summed E-state index contributed by atoms with van der Waals surface area (Å²) in [4.78, 5) is 35.6. The molecule has 2 aromatic carbocycles. The van der Waals surface area contributed by atoms with E-state index in [1.165, 1.54) is 23.5 Å². The molecule has 5 rings (SSSR count). The molecule has 28 heavy (non-hydrogen) atoms. The molecule has 8 heteroatoms. The SMILES string of the molecule is CC(=O)N1CCN(c2nc3c4ccc(F)cc4c4c(=O)[nH]ccc4c3s2)CC1. The fourth-order valence-corrected chi connectivity index (χ4v) is 5.05. The van der Waals surface area contributed by atoms with Gasteiger partial charge >= 0.3 is 0 Å². The van der Waals surface area contributed by atoms with Gasteiger partial charge in [-0.2, -0.15) is 0 Å². The maximum Gasteiger partial charge on any atom is 0.256 e. The average Bonchev–Trinajstić information content (AvgIpc) is 3.13. The van der Waals surface area contributed by atoms with E-state index in [9.17, 15) is 14.0 Å². The van der Waals surface area contributed by atoms with Crippen molar-refractivity contribution in [2.45, 2.75) is 6.92 Å². The Labute approximate surface area is 163 Å². The predicted molar refractivity (Wildman–Crippen MR) is 110 cm³/mol. The standard InChI is InChI=1S/C20H17FN4O2S/c1-11(26)24-6-8-25(9-7-24)20-23-17-13-3-2-12(21)10-15(13)16-14(18(17)28-20)4-5-22-19(16)27/h2-5,10H,6-9H2,1H3,(H,22,27). The second-order valence-corrected chi connectivity index (χ2v) is 7.93. The van der Waals surface area contributed by atoms with Gasteiger partial charge in [-0.15, -0.1) is 0 Å². The van der Waals surface area contributed by atoms with Crippen molar-refractivity contribution in [1.29, 1.82) is 0 Å². The molecule has 142 valence electrons. The van der Waals surface area contributed by atoms with Gasteiger partial charge in [-0.05, 0) is 24.3 Å². The van der Waals surface area contributed by atoms with Crippen LogP contribution < -0.4 is 10.5 Å². The van der Waals surface area contributed by atoms with Gasteiger partial charge < -0.3 is 14.8 Å². The number of pyridine rings is 1. The molecule has 0 spiro atoms. The molecule has 0 unspecified atom stereocenters. The van der Waals surface area contributed by atoms with E-state index in [0.29, 0.717) is 37.0 Å². The molecule has 0 bridgehead atoms. The number of benzene rings is 2. The summed E-state index contributed by atoms with van der Waals surface area (Å²) in [7, 11) is 0. The van der Waals surface area contributed by atoms with Gasteiger partial charge in [-0.1, -0.05) is 11.3 Å². The van der Waals surface area contributed by atoms with E-state index in [0.717, 1.165) is 26.1 Å². The summed E-state index contributed by atoms with van der Waals surface area (Å²) in [5.41, 5.74) is 0.544. The lowest BCUT2D eigenvalue weighted by atomic mass is 10.0. The highest BCUT2D eigenvalue weighted by Crippen LogP contribution is 2.39. The molecule has 0 radical (unpaired) electrons. The minimum atomic E-state index is -0.382. The van der Waals surface area contributed by atoms with Crippen molar-refractivity contribution in [2.75, 3.05) is 31.1 Å². The Morgan fingerprint density at radius 3 is 2.68 bits per heavy atom. The molecule has 3 heterocycles. The van der Waals surface area contributed by atoms with Crippen molar-refractivity contribution in [3.05, 3.63) is 46.6 Å². The molecule has 4 aromatic rings. The van der Waals surface area contributed by atoms with Gasteiger partial charge in [0.25, 0.3) is 5.56 Å². The quantitative estimate of drug-likeness (QED) is 0.502. The van der Waals surface area contributed by atoms with Crippen molar-refractivity contribution in [3.8, 4) is 0 Å². The van der Waals surface area contributed by atoms with E-state index in [-0.39, 0.29) is 17.3 Å². The molecule has 0 atom stereocenters. The second-order valence-electron chi connectivity index (χ2n) is 6.95. The highest BCUT2D eigenvalue weighted by atomic mass is 32.1. The highest BCUT2D eigenvalue weighted by molar-refractivity contribution is 7.23. The van der Waals surface area contributed by atoms with Gasteiger partial charge in [-0.3, -0.25) is 9.59 Å². The highest BCUT2D eigenvalue weighted by Gasteiger charge is 2.23. The summed E-state index contributed by atoms with van der Waals surface area (Å²) in [6.07, 6.45) is 1.61. The van der Waals surface area contributed by atoms with Crippen molar-refractivity contribution >= 4 is 54.1 Å². The van der Waals surface area contributed by atoms with Gasteiger partial charge in [0.05, 0.1) is 15.6 Å². The number of anilines is 1. The number of nitrogens with one attached hydrogen (secondary N) is 1. The molecule has 0 aliphatic carbocycles. The van der Waals surface area contributed by atoms with Gasteiger partial charge in [-0.25, -0.2) is 9.37 Å². The number of rotatable bonds is 1. The van der Waals surface area contributed by atoms with Crippen molar-refractivity contribution in [2.24, 2.45) is 0 Å². The number of piperazine rings is 1. The molecule has 6 nitrogen and oxygen atoms in total. The van der Waals surface area contributed by atoms with Crippen LogP contribution in [0.2, 0.25) is 0 Å². The molecule has 1 saturated heterocycles. The summed E-state index contributed by atoms with van der Waals surface area (Å²) in [6, 6.07) is 6.33. The second kappa shape index (κ2) is 6.27. The van der Waals surface area contributed by atoms with Gasteiger partial charge in [0.15, 0.2) is 5.13 Å². The van der Waals surface area contributed by atoms with Crippen LogP contribution in [0, 0.1) is 5.82 Å². The minimum Gasteiger partial charge on any atom is -0.345 e. The van der Waals surface area contributed by atoms with Crippen LogP contribution >= 0.6 is 11.3 Å². The van der Waals surface area contributed by atoms with E-state index in [1.807, 2.05) is 11.0 Å². The van der Waals surface area contributed by atoms with E-state index in [1.54, 1.807) is 19.2 Å². The van der Waals surface area contributed by atoms with Crippen LogP contribution in [0.5, 0.6) is 0 Å². The number of hydrogen-bond donors (Lipinski definition) is 1. The third-order valence-corrected chi connectivity index (χ3v) is 6.47. The minimum absolute atomic E-state index is 0.0854. The predicted octanol–water partition coefficient (Wildman–Crippen LogP) is 3.10. The number of carbonyl (C=O) groups is 1. The number of nitrogens with zero attached hydrogens (tertiary/aromatic N) is 3. The van der Waals surface area contributed by atoms with Crippen LogP contribution in [-0.2, 0) is 4.79 Å². The van der Waals surface area contributed by atoms with Crippen LogP contribution in [0.25, 0.3) is 31.8 Å². The zero-order chi connectivity index (χ0) is 19.4. The van der Waals surface area contributed by atoms with Crippen LogP contribution in [0.15, 0.2) is 35.3 Å². The average molecular weight is 396 g/mol. The molecule has 1 aliphatic heterocycles. The summed E-state index contributed by atoms with van der Waals surface area (Å²) < 4.78 is 14.8. The number of fused-ring (bicyclic) bond motifs is 6. The summed E-state index contributed by atoms with van der Waals surface area (Å²) in [6.45, 7) is 4.34. The molecule has 1 fully saturated rings. The van der Waals surface area contributed by atoms with E-state index in [2.05, 4.69) is 9.88 Å². The Kier molecular flexibility index (Phi) is 3.83. The number of amides is 1. The van der Waals surface area contributed by atoms with Crippen LogP contribution in [0.4, 0.5) is 9.52 Å². The number of aromatic amines is 1. The monoisotopic (exact) mass is 396 g/mol. The van der Waals surface area contributed by atoms with Gasteiger partial charge in [0.1, 0.15) is 5.82 Å². The largest absolute Gasteiger partial charge is 0.345 e. The first kappa shape index (κ1) is 17.1. The first-order chi connectivity index (χ1) is 13.5.